The first-order chi connectivity index (χ1) is 26.8. The zero-order valence-electron chi connectivity index (χ0n) is 29.4. The van der Waals surface area contributed by atoms with Gasteiger partial charge < -0.3 is 9.13 Å². The number of fused-ring (bicyclic) bond motifs is 7. The van der Waals surface area contributed by atoms with Gasteiger partial charge in [-0.05, 0) is 70.4 Å². The molecule has 252 valence electrons. The van der Waals surface area contributed by atoms with Crippen molar-refractivity contribution in [2.24, 2.45) is 0 Å². The fraction of sp³-hybridized carbons (Fsp3) is 0. The van der Waals surface area contributed by atoms with E-state index in [4.69, 9.17) is 4.98 Å². The maximum absolute atomic E-state index is 5.66. The Morgan fingerprint density at radius 1 is 0.315 bits per heavy atom. The van der Waals surface area contributed by atoms with Crippen LogP contribution in [0.1, 0.15) is 0 Å². The highest BCUT2D eigenvalue weighted by Crippen LogP contribution is 2.43. The van der Waals surface area contributed by atoms with Gasteiger partial charge >= 0.3 is 0 Å². The van der Waals surface area contributed by atoms with E-state index < -0.39 is 0 Å². The minimum atomic E-state index is 0.931. The molecule has 0 spiro atoms. The summed E-state index contributed by atoms with van der Waals surface area (Å²) >= 11 is 0. The molecule has 0 unspecified atom stereocenters. The van der Waals surface area contributed by atoms with Crippen LogP contribution in [0.25, 0.3) is 99.4 Å². The van der Waals surface area contributed by atoms with E-state index in [1.807, 2.05) is 0 Å². The highest BCUT2D eigenvalue weighted by atomic mass is 15.0. The number of aromatic nitrogens is 3. The Bertz CT molecular complexity index is 3020. The van der Waals surface area contributed by atoms with Gasteiger partial charge in [0.1, 0.15) is 0 Å². The van der Waals surface area contributed by atoms with Gasteiger partial charge in [0.05, 0.1) is 33.5 Å². The first-order valence-electron chi connectivity index (χ1n) is 18.5. The molecule has 3 heterocycles. The number of pyridine rings is 1. The SMILES string of the molecule is c1ccc(-n2c3ccccc3c3cccc(-c4cc(-c5cccc6ccccc56)cc(-c5cccc6c7ccccc7n(-c7ccccc7)c56)n4)c32)cc1. The zero-order chi connectivity index (χ0) is 35.6. The zero-order valence-corrected chi connectivity index (χ0v) is 29.4. The van der Waals surface area contributed by atoms with Gasteiger partial charge in [0.25, 0.3) is 0 Å². The van der Waals surface area contributed by atoms with Crippen molar-refractivity contribution in [1.29, 1.82) is 0 Å². The number of hydrogen-bond donors (Lipinski definition) is 0. The molecule has 11 rings (SSSR count). The van der Waals surface area contributed by atoms with Gasteiger partial charge in [-0.25, -0.2) is 4.98 Å². The largest absolute Gasteiger partial charge is 0.309 e. The maximum Gasteiger partial charge on any atom is 0.0737 e. The highest BCUT2D eigenvalue weighted by molar-refractivity contribution is 6.15. The van der Waals surface area contributed by atoms with E-state index in [1.54, 1.807) is 0 Å². The Balaban J connectivity index is 1.27. The second-order valence-electron chi connectivity index (χ2n) is 13.9. The summed E-state index contributed by atoms with van der Waals surface area (Å²) in [7, 11) is 0. The molecule has 3 aromatic heterocycles. The molecule has 11 aromatic rings. The summed E-state index contributed by atoms with van der Waals surface area (Å²) < 4.78 is 4.81. The Kier molecular flexibility index (Phi) is 6.86. The molecule has 0 aliphatic rings. The van der Waals surface area contributed by atoms with Crippen molar-refractivity contribution in [3.8, 4) is 45.0 Å². The molecule has 3 nitrogen and oxygen atoms in total. The summed E-state index contributed by atoms with van der Waals surface area (Å²) in [5, 5.41) is 7.29. The van der Waals surface area contributed by atoms with E-state index in [-0.39, 0.29) is 0 Å². The lowest BCUT2D eigenvalue weighted by Crippen LogP contribution is -1.99. The maximum atomic E-state index is 5.66. The van der Waals surface area contributed by atoms with E-state index in [0.29, 0.717) is 0 Å². The molecule has 8 aromatic carbocycles. The molecule has 0 radical (unpaired) electrons. The first-order valence-corrected chi connectivity index (χ1v) is 18.5. The van der Waals surface area contributed by atoms with Crippen molar-refractivity contribution >= 4 is 54.4 Å². The van der Waals surface area contributed by atoms with Crippen LogP contribution in [-0.2, 0) is 0 Å². The predicted molar refractivity (Wildman–Crippen MR) is 227 cm³/mol. The van der Waals surface area contributed by atoms with Crippen molar-refractivity contribution in [2.45, 2.75) is 0 Å². The van der Waals surface area contributed by atoms with Crippen molar-refractivity contribution in [1.82, 2.24) is 14.1 Å². The number of benzene rings is 8. The average Bonchev–Trinajstić information content (AvgIpc) is 3.77. The third-order valence-electron chi connectivity index (χ3n) is 10.9. The van der Waals surface area contributed by atoms with Crippen LogP contribution in [0, 0.1) is 0 Å². The topological polar surface area (TPSA) is 22.8 Å². The standard InChI is InChI=1S/C51H33N3/c1-3-18-36(19-4-1)53-48-30-11-9-23-40(48)42-26-14-28-44(50(42)53)46-32-35(39-25-13-17-34-16-7-8-22-38(34)39)33-47(52-46)45-29-15-27-43-41-24-10-12-31-49(41)54(51(43)45)37-20-5-2-6-21-37/h1-33H. The lowest BCUT2D eigenvalue weighted by molar-refractivity contribution is 1.17. The van der Waals surface area contributed by atoms with Crippen LogP contribution in [0.5, 0.6) is 0 Å². The molecule has 0 aliphatic carbocycles. The molecular formula is C51H33N3. The van der Waals surface area contributed by atoms with Crippen molar-refractivity contribution in [3.63, 3.8) is 0 Å². The molecule has 54 heavy (non-hydrogen) atoms. The number of rotatable bonds is 5. The fourth-order valence-electron chi connectivity index (χ4n) is 8.58. The van der Waals surface area contributed by atoms with Crippen LogP contribution in [0.3, 0.4) is 0 Å². The minimum Gasteiger partial charge on any atom is -0.309 e. The molecule has 0 aliphatic heterocycles. The van der Waals surface area contributed by atoms with Gasteiger partial charge in [0.2, 0.25) is 0 Å². The molecule has 0 amide bonds. The monoisotopic (exact) mass is 687 g/mol. The third-order valence-corrected chi connectivity index (χ3v) is 10.9. The van der Waals surface area contributed by atoms with E-state index in [0.717, 1.165) is 50.5 Å². The Morgan fingerprint density at radius 2 is 0.722 bits per heavy atom. The van der Waals surface area contributed by atoms with Crippen LogP contribution in [-0.4, -0.2) is 14.1 Å². The molecular weight excluding hydrogens is 655 g/mol. The Labute approximate surface area is 312 Å². The molecule has 0 bridgehead atoms. The van der Waals surface area contributed by atoms with Gasteiger partial charge in [0, 0.05) is 44.0 Å². The van der Waals surface area contributed by atoms with E-state index >= 15 is 0 Å². The van der Waals surface area contributed by atoms with Crippen LogP contribution in [0.4, 0.5) is 0 Å². The smallest absolute Gasteiger partial charge is 0.0737 e. The van der Waals surface area contributed by atoms with Gasteiger partial charge in [-0.15, -0.1) is 0 Å². The molecule has 0 saturated heterocycles. The molecule has 3 heteroatoms. The molecule has 0 N–H and O–H groups in total. The van der Waals surface area contributed by atoms with E-state index in [1.165, 1.54) is 48.9 Å². The number of hydrogen-bond acceptors (Lipinski definition) is 1. The van der Waals surface area contributed by atoms with Gasteiger partial charge in [-0.3, -0.25) is 0 Å². The molecule has 0 fully saturated rings. The van der Waals surface area contributed by atoms with Gasteiger partial charge in [-0.1, -0.05) is 152 Å². The van der Waals surface area contributed by atoms with Crippen LogP contribution >= 0.6 is 0 Å². The first kappa shape index (κ1) is 30.4. The normalized spacial score (nSPS) is 11.7. The molecule has 0 atom stereocenters. The second-order valence-corrected chi connectivity index (χ2v) is 13.9. The lowest BCUT2D eigenvalue weighted by atomic mass is 9.95. The van der Waals surface area contributed by atoms with Crippen LogP contribution < -0.4 is 0 Å². The summed E-state index contributed by atoms with van der Waals surface area (Å²) in [5.41, 5.74) is 13.2. The Morgan fingerprint density at radius 3 is 1.28 bits per heavy atom. The summed E-state index contributed by atoms with van der Waals surface area (Å²) in [5.74, 6) is 0. The predicted octanol–water partition coefficient (Wildman–Crippen LogP) is 13.4. The number of nitrogens with zero attached hydrogens (tertiary/aromatic N) is 3. The van der Waals surface area contributed by atoms with Crippen LogP contribution in [0.2, 0.25) is 0 Å². The van der Waals surface area contributed by atoms with Crippen molar-refractivity contribution in [3.05, 3.63) is 200 Å². The van der Waals surface area contributed by atoms with E-state index in [2.05, 4.69) is 209 Å². The quantitative estimate of drug-likeness (QED) is 0.177. The summed E-state index contributed by atoms with van der Waals surface area (Å²) in [6, 6.07) is 72.0. The average molecular weight is 688 g/mol. The summed E-state index contributed by atoms with van der Waals surface area (Å²) in [6.07, 6.45) is 0. The van der Waals surface area contributed by atoms with Crippen molar-refractivity contribution in [2.75, 3.05) is 0 Å². The second kappa shape index (κ2) is 12.2. The highest BCUT2D eigenvalue weighted by Gasteiger charge is 2.21. The van der Waals surface area contributed by atoms with Crippen molar-refractivity contribution < 1.29 is 0 Å². The van der Waals surface area contributed by atoms with Gasteiger partial charge in [0.15, 0.2) is 0 Å². The minimum absolute atomic E-state index is 0.931. The van der Waals surface area contributed by atoms with Gasteiger partial charge in [-0.2, -0.15) is 0 Å². The van der Waals surface area contributed by atoms with E-state index in [9.17, 15) is 0 Å². The summed E-state index contributed by atoms with van der Waals surface area (Å²) in [4.78, 5) is 5.66. The third kappa shape index (κ3) is 4.65. The Hall–Kier alpha value is -7.23. The van der Waals surface area contributed by atoms with Crippen LogP contribution in [0.15, 0.2) is 200 Å². The lowest BCUT2D eigenvalue weighted by Gasteiger charge is -2.16. The fourth-order valence-corrected chi connectivity index (χ4v) is 8.58. The summed E-state index contributed by atoms with van der Waals surface area (Å²) in [6.45, 7) is 0. The molecule has 0 saturated carbocycles. The number of para-hydroxylation sites is 6.